The summed E-state index contributed by atoms with van der Waals surface area (Å²) in [5.41, 5.74) is 0.883. The molecule has 14 heavy (non-hydrogen) atoms. The van der Waals surface area contributed by atoms with Crippen molar-refractivity contribution in [2.45, 2.75) is 12.8 Å². The molecule has 0 heterocycles. The largest absolute Gasteiger partial charge is 0.396 e. The molecule has 0 saturated heterocycles. The molecule has 4 heteroatoms. The summed E-state index contributed by atoms with van der Waals surface area (Å²) in [5, 5.41) is 13.0. The van der Waals surface area contributed by atoms with Gasteiger partial charge in [-0.15, -0.1) is 0 Å². The van der Waals surface area contributed by atoms with Crippen LogP contribution in [-0.4, -0.2) is 18.3 Å². The van der Waals surface area contributed by atoms with Gasteiger partial charge in [0.05, 0.1) is 10.7 Å². The SMILES string of the molecule is OCCCCNc1ccc(Cl)cc1Cl. The van der Waals surface area contributed by atoms with E-state index in [-0.39, 0.29) is 6.61 Å². The van der Waals surface area contributed by atoms with Crippen molar-refractivity contribution in [1.29, 1.82) is 0 Å². The van der Waals surface area contributed by atoms with Gasteiger partial charge in [-0.3, -0.25) is 0 Å². The highest BCUT2D eigenvalue weighted by Gasteiger charge is 1.99. The van der Waals surface area contributed by atoms with Crippen molar-refractivity contribution in [3.05, 3.63) is 28.2 Å². The Morgan fingerprint density at radius 3 is 2.64 bits per heavy atom. The van der Waals surface area contributed by atoms with Crippen LogP contribution in [0.4, 0.5) is 5.69 Å². The third-order valence-electron chi connectivity index (χ3n) is 1.83. The van der Waals surface area contributed by atoms with Crippen LogP contribution in [-0.2, 0) is 0 Å². The van der Waals surface area contributed by atoms with Crippen molar-refractivity contribution >= 4 is 28.9 Å². The Balaban J connectivity index is 2.42. The molecule has 0 aliphatic heterocycles. The van der Waals surface area contributed by atoms with Crippen molar-refractivity contribution in [2.24, 2.45) is 0 Å². The van der Waals surface area contributed by atoms with Crippen LogP contribution in [0.25, 0.3) is 0 Å². The topological polar surface area (TPSA) is 32.3 Å². The van der Waals surface area contributed by atoms with Crippen LogP contribution in [0.3, 0.4) is 0 Å². The van der Waals surface area contributed by atoms with Crippen molar-refractivity contribution in [3.63, 3.8) is 0 Å². The lowest BCUT2D eigenvalue weighted by Gasteiger charge is -2.07. The van der Waals surface area contributed by atoms with Gasteiger partial charge >= 0.3 is 0 Å². The average Bonchev–Trinajstić information content (AvgIpc) is 2.15. The van der Waals surface area contributed by atoms with Crippen LogP contribution in [0.2, 0.25) is 10.0 Å². The number of nitrogens with one attached hydrogen (secondary N) is 1. The van der Waals surface area contributed by atoms with Gasteiger partial charge in [-0.1, -0.05) is 23.2 Å². The lowest BCUT2D eigenvalue weighted by Crippen LogP contribution is -2.02. The number of hydrogen-bond donors (Lipinski definition) is 2. The Morgan fingerprint density at radius 2 is 2.00 bits per heavy atom. The summed E-state index contributed by atoms with van der Waals surface area (Å²) in [6.45, 7) is 1.04. The minimum Gasteiger partial charge on any atom is -0.396 e. The standard InChI is InChI=1S/C10H13Cl2NO/c11-8-3-4-10(9(12)7-8)13-5-1-2-6-14/h3-4,7,13-14H,1-2,5-6H2. The molecule has 0 aliphatic carbocycles. The van der Waals surface area contributed by atoms with Crippen molar-refractivity contribution < 1.29 is 5.11 Å². The van der Waals surface area contributed by atoms with Gasteiger partial charge in [-0.2, -0.15) is 0 Å². The molecule has 2 N–H and O–H groups in total. The maximum Gasteiger partial charge on any atom is 0.0652 e. The minimum absolute atomic E-state index is 0.232. The van der Waals surface area contributed by atoms with E-state index >= 15 is 0 Å². The number of anilines is 1. The van der Waals surface area contributed by atoms with Gasteiger partial charge in [0.1, 0.15) is 0 Å². The number of hydrogen-bond acceptors (Lipinski definition) is 2. The highest BCUT2D eigenvalue weighted by molar-refractivity contribution is 6.36. The summed E-state index contributed by atoms with van der Waals surface area (Å²) >= 11 is 11.7. The van der Waals surface area contributed by atoms with Crippen LogP contribution in [0.15, 0.2) is 18.2 Å². The van der Waals surface area contributed by atoms with E-state index in [1.54, 1.807) is 12.1 Å². The second-order valence-corrected chi connectivity index (χ2v) is 3.83. The Kier molecular flexibility index (Phi) is 5.09. The molecule has 0 bridgehead atoms. The Labute approximate surface area is 93.8 Å². The van der Waals surface area contributed by atoms with E-state index in [0.29, 0.717) is 10.0 Å². The van der Waals surface area contributed by atoms with Crippen LogP contribution >= 0.6 is 23.2 Å². The zero-order valence-corrected chi connectivity index (χ0v) is 9.28. The predicted octanol–water partition coefficient (Wildman–Crippen LogP) is 3.18. The molecule has 1 aromatic rings. The number of rotatable bonds is 5. The Bertz CT molecular complexity index is 291. The quantitative estimate of drug-likeness (QED) is 0.767. The first-order valence-electron chi connectivity index (χ1n) is 4.54. The molecule has 0 aromatic heterocycles. The van der Waals surface area contributed by atoms with Gasteiger partial charge in [0.2, 0.25) is 0 Å². The van der Waals surface area contributed by atoms with E-state index in [4.69, 9.17) is 28.3 Å². The van der Waals surface area contributed by atoms with Crippen molar-refractivity contribution in [1.82, 2.24) is 0 Å². The summed E-state index contributed by atoms with van der Waals surface area (Å²) in [6.07, 6.45) is 1.73. The number of aliphatic hydroxyl groups is 1. The van der Waals surface area contributed by atoms with Crippen molar-refractivity contribution in [3.8, 4) is 0 Å². The van der Waals surface area contributed by atoms with Gasteiger partial charge in [0.15, 0.2) is 0 Å². The summed E-state index contributed by atoms with van der Waals surface area (Å²) in [5.74, 6) is 0. The highest BCUT2D eigenvalue weighted by Crippen LogP contribution is 2.25. The van der Waals surface area contributed by atoms with E-state index < -0.39 is 0 Å². The summed E-state index contributed by atoms with van der Waals surface area (Å²) in [6, 6.07) is 5.35. The van der Waals surface area contributed by atoms with Gasteiger partial charge in [-0.25, -0.2) is 0 Å². The Morgan fingerprint density at radius 1 is 1.21 bits per heavy atom. The molecular formula is C10H13Cl2NO. The Hall–Kier alpha value is -0.440. The monoisotopic (exact) mass is 233 g/mol. The maximum atomic E-state index is 8.58. The van der Waals surface area contributed by atoms with Crippen molar-refractivity contribution in [2.75, 3.05) is 18.5 Å². The fourth-order valence-electron chi connectivity index (χ4n) is 1.09. The first kappa shape index (κ1) is 11.6. The highest BCUT2D eigenvalue weighted by atomic mass is 35.5. The zero-order valence-electron chi connectivity index (χ0n) is 7.76. The van der Waals surface area contributed by atoms with Crippen LogP contribution < -0.4 is 5.32 Å². The molecule has 0 aliphatic rings. The van der Waals surface area contributed by atoms with Gasteiger partial charge < -0.3 is 10.4 Å². The molecule has 0 atom stereocenters. The van der Waals surface area contributed by atoms with E-state index in [2.05, 4.69) is 5.32 Å². The first-order chi connectivity index (χ1) is 6.74. The minimum atomic E-state index is 0.232. The normalized spacial score (nSPS) is 10.2. The number of aliphatic hydroxyl groups excluding tert-OH is 1. The van der Waals surface area contributed by atoms with E-state index in [9.17, 15) is 0 Å². The second kappa shape index (κ2) is 6.12. The fourth-order valence-corrected chi connectivity index (χ4v) is 1.57. The van der Waals surface area contributed by atoms with Crippen LogP contribution in [0.5, 0.6) is 0 Å². The second-order valence-electron chi connectivity index (χ2n) is 2.98. The molecular weight excluding hydrogens is 221 g/mol. The predicted molar refractivity (Wildman–Crippen MR) is 61.3 cm³/mol. The van der Waals surface area contributed by atoms with Crippen LogP contribution in [0.1, 0.15) is 12.8 Å². The van der Waals surface area contributed by atoms with Crippen LogP contribution in [0, 0.1) is 0 Å². The van der Waals surface area contributed by atoms with Gasteiger partial charge in [0, 0.05) is 18.2 Å². The smallest absolute Gasteiger partial charge is 0.0652 e. The lowest BCUT2D eigenvalue weighted by atomic mass is 10.3. The first-order valence-corrected chi connectivity index (χ1v) is 5.29. The lowest BCUT2D eigenvalue weighted by molar-refractivity contribution is 0.286. The number of benzene rings is 1. The molecule has 1 rings (SSSR count). The molecule has 0 spiro atoms. The van der Waals surface area contributed by atoms with E-state index in [1.807, 2.05) is 6.07 Å². The molecule has 78 valence electrons. The molecule has 2 nitrogen and oxygen atoms in total. The van der Waals surface area contributed by atoms with Gasteiger partial charge in [-0.05, 0) is 31.0 Å². The average molecular weight is 234 g/mol. The molecule has 0 amide bonds. The van der Waals surface area contributed by atoms with E-state index in [1.165, 1.54) is 0 Å². The third-order valence-corrected chi connectivity index (χ3v) is 2.38. The molecule has 0 fully saturated rings. The third kappa shape index (κ3) is 3.74. The van der Waals surface area contributed by atoms with E-state index in [0.717, 1.165) is 25.1 Å². The fraction of sp³-hybridized carbons (Fsp3) is 0.400. The number of halogens is 2. The summed E-state index contributed by atoms with van der Waals surface area (Å²) in [4.78, 5) is 0. The summed E-state index contributed by atoms with van der Waals surface area (Å²) < 4.78 is 0. The molecule has 1 aromatic carbocycles. The maximum absolute atomic E-state index is 8.58. The molecule has 0 unspecified atom stereocenters. The molecule has 0 saturated carbocycles. The number of unbranched alkanes of at least 4 members (excludes halogenated alkanes) is 1. The summed E-state index contributed by atoms with van der Waals surface area (Å²) in [7, 11) is 0. The van der Waals surface area contributed by atoms with Gasteiger partial charge in [0.25, 0.3) is 0 Å². The molecule has 0 radical (unpaired) electrons. The zero-order chi connectivity index (χ0) is 10.4.